The van der Waals surface area contributed by atoms with Gasteiger partial charge in [0.15, 0.2) is 0 Å². The molecular formula is C33H38N6O3S. The smallest absolute Gasteiger partial charge is 0.269 e. The fourth-order valence-electron chi connectivity index (χ4n) is 4.89. The minimum Gasteiger partial charge on any atom is -0.375 e. The summed E-state index contributed by atoms with van der Waals surface area (Å²) in [6, 6.07) is 20.6. The fourth-order valence-corrected chi connectivity index (χ4v) is 5.19. The number of nitro groups is 1. The number of hydrogen-bond donors (Lipinski definition) is 2. The molecule has 0 aliphatic carbocycles. The second kappa shape index (κ2) is 15.2. The molecule has 43 heavy (non-hydrogen) atoms. The van der Waals surface area contributed by atoms with E-state index in [4.69, 9.17) is 12.2 Å². The number of carbonyl (C=O) groups excluding carboxylic acids is 1. The number of nitrogens with one attached hydrogen (secondary N) is 2. The molecule has 0 saturated heterocycles. The molecule has 0 aliphatic rings. The van der Waals surface area contributed by atoms with Crippen molar-refractivity contribution in [1.29, 1.82) is 0 Å². The molecule has 0 saturated carbocycles. The molecule has 3 aromatic carbocycles. The van der Waals surface area contributed by atoms with Gasteiger partial charge in [-0.25, -0.2) is 10.4 Å². The van der Waals surface area contributed by atoms with Crippen LogP contribution in [-0.4, -0.2) is 43.5 Å². The number of hydrogen-bond acceptors (Lipinski definition) is 6. The van der Waals surface area contributed by atoms with Gasteiger partial charge < -0.3 is 9.88 Å². The first-order valence-electron chi connectivity index (χ1n) is 14.5. The first kappa shape index (κ1) is 31.5. The van der Waals surface area contributed by atoms with Crippen LogP contribution in [0.5, 0.6) is 0 Å². The van der Waals surface area contributed by atoms with Crippen LogP contribution in [0.1, 0.15) is 49.4 Å². The van der Waals surface area contributed by atoms with Crippen molar-refractivity contribution in [2.45, 2.75) is 45.7 Å². The highest BCUT2D eigenvalue weighted by Crippen LogP contribution is 2.25. The van der Waals surface area contributed by atoms with Gasteiger partial charge >= 0.3 is 0 Å². The second-order valence-electron chi connectivity index (χ2n) is 10.6. The largest absolute Gasteiger partial charge is 0.375 e. The molecule has 4 rings (SSSR count). The highest BCUT2D eigenvalue weighted by atomic mass is 32.1. The summed E-state index contributed by atoms with van der Waals surface area (Å²) in [6.45, 7) is 9.90. The number of carbonyl (C=O) groups is 1. The van der Waals surface area contributed by atoms with Crippen molar-refractivity contribution in [3.05, 3.63) is 119 Å². The first-order chi connectivity index (χ1) is 20.8. The van der Waals surface area contributed by atoms with E-state index >= 15 is 0 Å². The van der Waals surface area contributed by atoms with Gasteiger partial charge in [0.05, 0.1) is 28.5 Å². The number of nitro benzene ring substituents is 1. The number of rotatable bonds is 15. The van der Waals surface area contributed by atoms with E-state index < -0.39 is 10.8 Å². The van der Waals surface area contributed by atoms with E-state index in [9.17, 15) is 14.9 Å². The molecule has 0 spiro atoms. The summed E-state index contributed by atoms with van der Waals surface area (Å²) in [6.07, 6.45) is 6.97. The van der Waals surface area contributed by atoms with Gasteiger partial charge in [-0.05, 0) is 34.2 Å². The number of fused-ring (bicyclic) bond motifs is 1. The zero-order valence-electron chi connectivity index (χ0n) is 24.6. The standard InChI is InChI=1S/C33H38N6O3S/c1-4-18-35-32(43)31(30-20-34-23-37(30)21-25-13-15-28(16-14-25)39(41)42)33(40)38(36-19-17-24(3)5-2)22-27-11-8-10-26-9-6-7-12-29(26)27/h4,6-16,20,23-24,31,36H,1,5,17-19,21-22H2,2-3H3,(H,35,43)/t24-,31+/m0/s1. The van der Waals surface area contributed by atoms with Crippen molar-refractivity contribution < 1.29 is 9.72 Å². The Balaban J connectivity index is 1.69. The summed E-state index contributed by atoms with van der Waals surface area (Å²) < 4.78 is 1.86. The van der Waals surface area contributed by atoms with E-state index in [1.165, 1.54) is 12.1 Å². The minimum atomic E-state index is -0.832. The zero-order chi connectivity index (χ0) is 30.8. The molecule has 224 valence electrons. The van der Waals surface area contributed by atoms with Gasteiger partial charge in [0, 0.05) is 38.0 Å². The van der Waals surface area contributed by atoms with E-state index in [2.05, 4.69) is 54.4 Å². The van der Waals surface area contributed by atoms with Crippen molar-refractivity contribution in [3.8, 4) is 0 Å². The summed E-state index contributed by atoms with van der Waals surface area (Å²) in [4.78, 5) is 30.0. The number of amides is 1. The predicted molar refractivity (Wildman–Crippen MR) is 175 cm³/mol. The SMILES string of the molecule is C=CCNC(=S)[C@H](C(=O)N(Cc1cccc2ccccc12)NCC[C@@H](C)CC)c1cncn1Cc1ccc([N+](=O)[O-])cc1. The van der Waals surface area contributed by atoms with E-state index in [1.54, 1.807) is 35.7 Å². The maximum Gasteiger partial charge on any atom is 0.269 e. The van der Waals surface area contributed by atoms with Crippen LogP contribution in [0.3, 0.4) is 0 Å². The Bertz CT molecular complexity index is 1560. The molecule has 0 bridgehead atoms. The van der Waals surface area contributed by atoms with Crippen LogP contribution in [-0.2, 0) is 17.9 Å². The van der Waals surface area contributed by atoms with Crippen LogP contribution in [0.15, 0.2) is 91.9 Å². The topological polar surface area (TPSA) is 105 Å². The number of nitrogens with zero attached hydrogens (tertiary/aromatic N) is 4. The molecule has 0 fully saturated rings. The fraction of sp³-hybridized carbons (Fsp3) is 0.303. The van der Waals surface area contributed by atoms with Crippen LogP contribution in [0, 0.1) is 16.0 Å². The summed E-state index contributed by atoms with van der Waals surface area (Å²) >= 11 is 5.82. The molecule has 2 atom stereocenters. The van der Waals surface area contributed by atoms with Crippen LogP contribution < -0.4 is 10.7 Å². The molecule has 1 heterocycles. The van der Waals surface area contributed by atoms with Gasteiger partial charge in [-0.3, -0.25) is 19.9 Å². The maximum absolute atomic E-state index is 14.6. The lowest BCUT2D eigenvalue weighted by molar-refractivity contribution is -0.384. The highest BCUT2D eigenvalue weighted by molar-refractivity contribution is 7.80. The third-order valence-corrected chi connectivity index (χ3v) is 7.96. The first-order valence-corrected chi connectivity index (χ1v) is 14.9. The molecule has 2 N–H and O–H groups in total. The molecule has 0 radical (unpaired) electrons. The molecule has 1 amide bonds. The van der Waals surface area contributed by atoms with Gasteiger partial charge in [0.2, 0.25) is 0 Å². The third-order valence-electron chi connectivity index (χ3n) is 7.58. The summed E-state index contributed by atoms with van der Waals surface area (Å²) in [5.41, 5.74) is 5.91. The average Bonchev–Trinajstić information content (AvgIpc) is 3.46. The van der Waals surface area contributed by atoms with Crippen LogP contribution in [0.4, 0.5) is 5.69 Å². The number of imidazole rings is 1. The molecule has 10 heteroatoms. The van der Waals surface area contributed by atoms with E-state index in [-0.39, 0.29) is 11.6 Å². The average molecular weight is 599 g/mol. The van der Waals surface area contributed by atoms with Gasteiger partial charge in [0.25, 0.3) is 11.6 Å². The summed E-state index contributed by atoms with van der Waals surface area (Å²) in [5.74, 6) is -0.526. The van der Waals surface area contributed by atoms with Crippen LogP contribution in [0.25, 0.3) is 10.8 Å². The van der Waals surface area contributed by atoms with E-state index in [0.717, 1.165) is 34.7 Å². The molecule has 9 nitrogen and oxygen atoms in total. The van der Waals surface area contributed by atoms with Crippen molar-refractivity contribution in [2.75, 3.05) is 13.1 Å². The lowest BCUT2D eigenvalue weighted by Crippen LogP contribution is -2.48. The second-order valence-corrected chi connectivity index (χ2v) is 11.0. The van der Waals surface area contributed by atoms with Crippen molar-refractivity contribution >= 4 is 39.6 Å². The van der Waals surface area contributed by atoms with Crippen molar-refractivity contribution in [2.24, 2.45) is 5.92 Å². The van der Waals surface area contributed by atoms with Crippen LogP contribution >= 0.6 is 12.2 Å². The third kappa shape index (κ3) is 8.12. The minimum absolute atomic E-state index is 0.0185. The molecule has 0 aliphatic heterocycles. The number of aromatic nitrogens is 2. The normalized spacial score (nSPS) is 12.4. The summed E-state index contributed by atoms with van der Waals surface area (Å²) in [5, 5.41) is 18.2. The number of hydrazine groups is 1. The molecule has 4 aromatic rings. The van der Waals surface area contributed by atoms with Gasteiger partial charge in [0.1, 0.15) is 5.92 Å². The van der Waals surface area contributed by atoms with Crippen LogP contribution in [0.2, 0.25) is 0 Å². The van der Waals surface area contributed by atoms with Gasteiger partial charge in [-0.15, -0.1) is 6.58 Å². The predicted octanol–water partition coefficient (Wildman–Crippen LogP) is 6.15. The number of non-ortho nitro benzene ring substituents is 1. The Kier molecular flexibility index (Phi) is 11.1. The van der Waals surface area contributed by atoms with E-state index in [1.807, 2.05) is 28.8 Å². The van der Waals surface area contributed by atoms with E-state index in [0.29, 0.717) is 42.8 Å². The molecule has 1 aromatic heterocycles. The highest BCUT2D eigenvalue weighted by Gasteiger charge is 2.33. The Morgan fingerprint density at radius 1 is 1.16 bits per heavy atom. The number of thiocarbonyl (C=S) groups is 1. The lowest BCUT2D eigenvalue weighted by atomic mass is 10.0. The Labute approximate surface area is 257 Å². The monoisotopic (exact) mass is 598 g/mol. The Morgan fingerprint density at radius 2 is 1.91 bits per heavy atom. The van der Waals surface area contributed by atoms with Crippen molar-refractivity contribution in [3.63, 3.8) is 0 Å². The number of benzene rings is 3. The van der Waals surface area contributed by atoms with Gasteiger partial charge in [-0.1, -0.05) is 93.2 Å². The lowest BCUT2D eigenvalue weighted by Gasteiger charge is -2.30. The molecular weight excluding hydrogens is 560 g/mol. The summed E-state index contributed by atoms with van der Waals surface area (Å²) in [7, 11) is 0. The van der Waals surface area contributed by atoms with Gasteiger partial charge in [-0.2, -0.15) is 0 Å². The Hall–Kier alpha value is -4.41. The zero-order valence-corrected chi connectivity index (χ0v) is 25.4. The van der Waals surface area contributed by atoms with Crippen molar-refractivity contribution in [1.82, 2.24) is 25.3 Å². The maximum atomic E-state index is 14.6. The quantitative estimate of drug-likeness (QED) is 0.0732. The Morgan fingerprint density at radius 3 is 2.63 bits per heavy atom. The molecule has 0 unspecified atom stereocenters.